The van der Waals surface area contributed by atoms with Crippen molar-refractivity contribution >= 4 is 23.1 Å². The number of carbonyl (C=O) groups is 1. The van der Waals surface area contributed by atoms with Crippen LogP contribution in [0, 0.1) is 0 Å². The molecule has 0 radical (unpaired) electrons. The lowest BCUT2D eigenvalue weighted by atomic mass is 9.83. The minimum absolute atomic E-state index is 0.171. The van der Waals surface area contributed by atoms with E-state index in [-0.39, 0.29) is 16.9 Å². The van der Waals surface area contributed by atoms with E-state index < -0.39 is 5.91 Å². The molecule has 0 saturated heterocycles. The first-order valence-corrected chi connectivity index (χ1v) is 9.54. The number of nitrogens with one attached hydrogen (secondary N) is 1. The number of hydrogen-bond donors (Lipinski definition) is 2. The van der Waals surface area contributed by atoms with Crippen molar-refractivity contribution in [3.63, 3.8) is 0 Å². The number of fused-ring (bicyclic) bond motifs is 3. The molecule has 146 valence electrons. The summed E-state index contributed by atoms with van der Waals surface area (Å²) in [6.45, 7) is 6.11. The molecule has 1 aliphatic rings. The molecular weight excluding hydrogens is 356 g/mol. The normalized spacial score (nSPS) is 14.5. The average molecular weight is 380 g/mol. The molecule has 2 N–H and O–H groups in total. The second-order valence-electron chi connectivity index (χ2n) is 8.20. The van der Waals surface area contributed by atoms with Gasteiger partial charge in [0.15, 0.2) is 5.76 Å². The van der Waals surface area contributed by atoms with Gasteiger partial charge >= 0.3 is 5.91 Å². The zero-order valence-electron chi connectivity index (χ0n) is 16.3. The highest BCUT2D eigenvalue weighted by Gasteiger charge is 2.27. The topological polar surface area (TPSA) is 88.0 Å². The first kappa shape index (κ1) is 18.3. The van der Waals surface area contributed by atoms with Crippen LogP contribution in [-0.2, 0) is 18.3 Å². The fourth-order valence-electron chi connectivity index (χ4n) is 3.76. The molecule has 0 fully saturated rings. The average Bonchev–Trinajstić information content (AvgIpc) is 3.29. The molecule has 6 heteroatoms. The van der Waals surface area contributed by atoms with Crippen molar-refractivity contribution < 1.29 is 18.7 Å². The van der Waals surface area contributed by atoms with E-state index in [0.717, 1.165) is 53.5 Å². The van der Waals surface area contributed by atoms with Gasteiger partial charge in [-0.25, -0.2) is 5.43 Å². The van der Waals surface area contributed by atoms with Crippen molar-refractivity contribution in [2.24, 2.45) is 5.10 Å². The van der Waals surface area contributed by atoms with E-state index in [1.165, 1.54) is 12.5 Å². The number of phenols is 1. The smallest absolute Gasteiger partial charge is 0.307 e. The van der Waals surface area contributed by atoms with E-state index in [0.29, 0.717) is 5.56 Å². The summed E-state index contributed by atoms with van der Waals surface area (Å²) in [6.07, 6.45) is 6.94. The van der Waals surface area contributed by atoms with Gasteiger partial charge in [-0.3, -0.25) is 4.79 Å². The van der Waals surface area contributed by atoms with Crippen LogP contribution in [0.1, 0.15) is 66.6 Å². The molecular formula is C22H24N2O4. The van der Waals surface area contributed by atoms with Gasteiger partial charge in [-0.15, -0.1) is 0 Å². The highest BCUT2D eigenvalue weighted by Crippen LogP contribution is 2.42. The SMILES string of the molecule is CC(C)(C)c1cc2oc3c(c2c(/C=N\NC(=O)c2ccco2)c1O)CCCC3. The first-order chi connectivity index (χ1) is 13.4. The standard InChI is InChI=1S/C22H24N2O4/c1-22(2,3)15-11-18-19(13-7-4-5-8-16(13)28-18)14(20(15)25)12-23-24-21(26)17-9-6-10-27-17/h6,9-12,25H,4-5,7-8H2,1-3H3,(H,24,26)/b23-12-. The predicted octanol–water partition coefficient (Wildman–Crippen LogP) is 4.67. The van der Waals surface area contributed by atoms with Gasteiger partial charge in [-0.05, 0) is 42.9 Å². The molecule has 0 bridgehead atoms. The van der Waals surface area contributed by atoms with Crippen LogP contribution in [0.4, 0.5) is 0 Å². The van der Waals surface area contributed by atoms with Crippen LogP contribution >= 0.6 is 0 Å². The number of aromatic hydroxyl groups is 1. The van der Waals surface area contributed by atoms with E-state index >= 15 is 0 Å². The highest BCUT2D eigenvalue weighted by molar-refractivity contribution is 6.04. The number of hydrogen-bond acceptors (Lipinski definition) is 5. The fraction of sp³-hybridized carbons (Fsp3) is 0.364. The van der Waals surface area contributed by atoms with Gasteiger partial charge < -0.3 is 13.9 Å². The van der Waals surface area contributed by atoms with E-state index in [2.05, 4.69) is 10.5 Å². The number of furan rings is 2. The Kier molecular flexibility index (Phi) is 4.49. The Hall–Kier alpha value is -3.02. The summed E-state index contributed by atoms with van der Waals surface area (Å²) in [5.74, 6) is 0.889. The maximum absolute atomic E-state index is 12.1. The monoisotopic (exact) mass is 380 g/mol. The predicted molar refractivity (Wildman–Crippen MR) is 107 cm³/mol. The molecule has 0 saturated carbocycles. The number of hydrazone groups is 1. The van der Waals surface area contributed by atoms with Crippen molar-refractivity contribution in [1.29, 1.82) is 0 Å². The molecule has 0 unspecified atom stereocenters. The van der Waals surface area contributed by atoms with Gasteiger partial charge in [-0.2, -0.15) is 5.10 Å². The zero-order valence-corrected chi connectivity index (χ0v) is 16.3. The summed E-state index contributed by atoms with van der Waals surface area (Å²) in [5.41, 5.74) is 5.43. The van der Waals surface area contributed by atoms with Crippen molar-refractivity contribution in [2.45, 2.75) is 51.9 Å². The molecule has 1 aliphatic carbocycles. The molecule has 0 spiro atoms. The second-order valence-corrected chi connectivity index (χ2v) is 8.20. The van der Waals surface area contributed by atoms with Crippen LogP contribution in [0.3, 0.4) is 0 Å². The second kappa shape index (κ2) is 6.86. The Bertz CT molecular complexity index is 1050. The molecule has 6 nitrogen and oxygen atoms in total. The van der Waals surface area contributed by atoms with Crippen LogP contribution in [-0.4, -0.2) is 17.2 Å². The largest absolute Gasteiger partial charge is 0.507 e. The van der Waals surface area contributed by atoms with Crippen LogP contribution in [0.2, 0.25) is 0 Å². The Balaban J connectivity index is 1.80. The van der Waals surface area contributed by atoms with E-state index in [9.17, 15) is 9.90 Å². The zero-order chi connectivity index (χ0) is 19.9. The van der Waals surface area contributed by atoms with Crippen molar-refractivity contribution in [2.75, 3.05) is 0 Å². The molecule has 1 aromatic carbocycles. The Morgan fingerprint density at radius 2 is 2.07 bits per heavy atom. The van der Waals surface area contributed by atoms with Gasteiger partial charge in [0.1, 0.15) is 17.1 Å². The summed E-state index contributed by atoms with van der Waals surface area (Å²) in [7, 11) is 0. The summed E-state index contributed by atoms with van der Waals surface area (Å²) in [4.78, 5) is 12.1. The molecule has 28 heavy (non-hydrogen) atoms. The number of benzene rings is 1. The van der Waals surface area contributed by atoms with E-state index in [4.69, 9.17) is 8.83 Å². The van der Waals surface area contributed by atoms with Gasteiger partial charge in [0.25, 0.3) is 0 Å². The Labute approximate surface area is 163 Å². The third-order valence-electron chi connectivity index (χ3n) is 5.17. The third-order valence-corrected chi connectivity index (χ3v) is 5.17. The van der Waals surface area contributed by atoms with Gasteiger partial charge in [-0.1, -0.05) is 20.8 Å². The van der Waals surface area contributed by atoms with E-state index in [1.54, 1.807) is 12.1 Å². The van der Waals surface area contributed by atoms with Gasteiger partial charge in [0.05, 0.1) is 12.5 Å². The number of amides is 1. The summed E-state index contributed by atoms with van der Waals surface area (Å²) in [6, 6.07) is 5.13. The first-order valence-electron chi connectivity index (χ1n) is 9.54. The maximum Gasteiger partial charge on any atom is 0.307 e. The Morgan fingerprint density at radius 3 is 2.79 bits per heavy atom. The van der Waals surface area contributed by atoms with Gasteiger partial charge in [0, 0.05) is 28.5 Å². The summed E-state index contributed by atoms with van der Waals surface area (Å²) >= 11 is 0. The quantitative estimate of drug-likeness (QED) is 0.510. The minimum Gasteiger partial charge on any atom is -0.507 e. The van der Waals surface area contributed by atoms with Crippen LogP contribution in [0.15, 0.2) is 38.4 Å². The van der Waals surface area contributed by atoms with Gasteiger partial charge in [0.2, 0.25) is 0 Å². The highest BCUT2D eigenvalue weighted by atomic mass is 16.3. The third kappa shape index (κ3) is 3.19. The summed E-state index contributed by atoms with van der Waals surface area (Å²) in [5, 5.41) is 16.0. The molecule has 0 atom stereocenters. The fourth-order valence-corrected chi connectivity index (χ4v) is 3.76. The lowest BCUT2D eigenvalue weighted by Gasteiger charge is -2.21. The molecule has 3 aromatic rings. The maximum atomic E-state index is 12.1. The number of carbonyl (C=O) groups excluding carboxylic acids is 1. The van der Waals surface area contributed by atoms with Crippen LogP contribution < -0.4 is 5.43 Å². The number of rotatable bonds is 3. The van der Waals surface area contributed by atoms with Crippen LogP contribution in [0.5, 0.6) is 5.75 Å². The van der Waals surface area contributed by atoms with Crippen molar-refractivity contribution in [1.82, 2.24) is 5.43 Å². The number of nitrogens with zero attached hydrogens (tertiary/aromatic N) is 1. The Morgan fingerprint density at radius 1 is 1.29 bits per heavy atom. The number of aryl methyl sites for hydroxylation is 2. The van der Waals surface area contributed by atoms with Crippen LogP contribution in [0.25, 0.3) is 11.0 Å². The lowest BCUT2D eigenvalue weighted by molar-refractivity contribution is 0.0927. The molecule has 4 rings (SSSR count). The lowest BCUT2D eigenvalue weighted by Crippen LogP contribution is -2.17. The van der Waals surface area contributed by atoms with E-state index in [1.807, 2.05) is 26.8 Å². The van der Waals surface area contributed by atoms with Crippen molar-refractivity contribution in [3.8, 4) is 5.75 Å². The molecule has 0 aliphatic heterocycles. The minimum atomic E-state index is -0.446. The number of phenolic OH excluding ortho intramolecular Hbond substituents is 1. The molecule has 2 aromatic heterocycles. The molecule has 2 heterocycles. The molecule has 1 amide bonds. The van der Waals surface area contributed by atoms with Crippen molar-refractivity contribution in [3.05, 3.63) is 52.7 Å². The summed E-state index contributed by atoms with van der Waals surface area (Å²) < 4.78 is 11.2.